The lowest BCUT2D eigenvalue weighted by atomic mass is 9.88. The molecule has 4 N–H and O–H groups in total. The summed E-state index contributed by atoms with van der Waals surface area (Å²) in [6.45, 7) is 12.0. The molecular formula is C30H48O9. The molecule has 0 aliphatic carbocycles. The van der Waals surface area contributed by atoms with E-state index in [9.17, 15) is 30.0 Å². The number of carbonyl (C=O) groups is 2. The maximum absolute atomic E-state index is 12.6. The van der Waals surface area contributed by atoms with Crippen LogP contribution < -0.4 is 0 Å². The number of epoxide rings is 1. The average Bonchev–Trinajstić information content (AvgIpc) is 3.62. The van der Waals surface area contributed by atoms with E-state index in [1.54, 1.807) is 26.0 Å². The summed E-state index contributed by atoms with van der Waals surface area (Å²) in [5, 5.41) is 41.9. The molecule has 0 radical (unpaired) electrons. The fourth-order valence-electron chi connectivity index (χ4n) is 5.01. The maximum Gasteiger partial charge on any atom is 0.309 e. The predicted molar refractivity (Wildman–Crippen MR) is 146 cm³/mol. The first kappa shape index (κ1) is 33.2. The van der Waals surface area contributed by atoms with Crippen molar-refractivity contribution in [2.75, 3.05) is 0 Å². The average molecular weight is 553 g/mol. The minimum absolute atomic E-state index is 0.128. The molecule has 9 nitrogen and oxygen atoms in total. The molecule has 2 aliphatic rings. The third kappa shape index (κ3) is 9.83. The van der Waals surface area contributed by atoms with Crippen LogP contribution in [0.3, 0.4) is 0 Å². The lowest BCUT2D eigenvalue weighted by molar-refractivity contribution is -0.157. The van der Waals surface area contributed by atoms with Crippen LogP contribution in [0, 0.1) is 11.8 Å². The zero-order valence-electron chi connectivity index (χ0n) is 24.4. The molecule has 2 rings (SSSR count). The van der Waals surface area contributed by atoms with Crippen molar-refractivity contribution >= 4 is 11.9 Å². The Kier molecular flexibility index (Phi) is 11.9. The van der Waals surface area contributed by atoms with Crippen LogP contribution in [0.2, 0.25) is 0 Å². The predicted octanol–water partition coefficient (Wildman–Crippen LogP) is 3.14. The van der Waals surface area contributed by atoms with Crippen molar-refractivity contribution in [1.29, 1.82) is 0 Å². The molecule has 1 saturated heterocycles. The van der Waals surface area contributed by atoms with Gasteiger partial charge in [-0.2, -0.15) is 0 Å². The summed E-state index contributed by atoms with van der Waals surface area (Å²) < 4.78 is 16.8. The third-order valence-corrected chi connectivity index (χ3v) is 7.69. The zero-order valence-corrected chi connectivity index (χ0v) is 24.4. The van der Waals surface area contributed by atoms with Gasteiger partial charge in [0, 0.05) is 12.8 Å². The smallest absolute Gasteiger partial charge is 0.309 e. The van der Waals surface area contributed by atoms with Crippen molar-refractivity contribution in [3.05, 3.63) is 36.0 Å². The van der Waals surface area contributed by atoms with Crippen LogP contribution in [0.5, 0.6) is 0 Å². The molecule has 0 aromatic carbocycles. The van der Waals surface area contributed by atoms with E-state index in [2.05, 4.69) is 0 Å². The molecule has 222 valence electrons. The first-order chi connectivity index (χ1) is 18.1. The van der Waals surface area contributed by atoms with Gasteiger partial charge in [0.1, 0.15) is 29.5 Å². The standard InChI is InChI=1S/C30H48O9/c1-8-24(33)30(7,36)28-23(38-28)16-18(2)10-9-11-19(3)27-20(4)12-13-25(37-21(5)31)29(6,35)15-14-22(32)17-26(34)39-27/h9-13,18,20,22-25,27-28,32-33,35-36H,8,14-17H2,1-7H3/b10-9+,13-12+,19-11+. The van der Waals surface area contributed by atoms with Crippen molar-refractivity contribution in [2.45, 2.75) is 128 Å². The minimum Gasteiger partial charge on any atom is -0.457 e. The highest BCUT2D eigenvalue weighted by atomic mass is 16.6. The van der Waals surface area contributed by atoms with Gasteiger partial charge in [-0.05, 0) is 64.0 Å². The molecule has 2 heterocycles. The highest BCUT2D eigenvalue weighted by molar-refractivity contribution is 5.70. The number of cyclic esters (lactones) is 1. The van der Waals surface area contributed by atoms with Crippen LogP contribution in [-0.2, 0) is 23.8 Å². The van der Waals surface area contributed by atoms with Gasteiger partial charge in [0.25, 0.3) is 0 Å². The molecule has 2 aliphatic heterocycles. The molecule has 9 heteroatoms. The second-order valence-electron chi connectivity index (χ2n) is 11.7. The fourth-order valence-corrected chi connectivity index (χ4v) is 5.01. The van der Waals surface area contributed by atoms with Crippen LogP contribution in [0.25, 0.3) is 0 Å². The molecule has 0 aromatic heterocycles. The van der Waals surface area contributed by atoms with Crippen LogP contribution in [0.1, 0.15) is 80.6 Å². The third-order valence-electron chi connectivity index (χ3n) is 7.69. The molecule has 1 fully saturated rings. The summed E-state index contributed by atoms with van der Waals surface area (Å²) in [5.41, 5.74) is -1.92. The van der Waals surface area contributed by atoms with Gasteiger partial charge in [-0.3, -0.25) is 9.59 Å². The lowest BCUT2D eigenvalue weighted by Crippen LogP contribution is -2.45. The summed E-state index contributed by atoms with van der Waals surface area (Å²) in [5.74, 6) is -1.24. The minimum atomic E-state index is -1.42. The van der Waals surface area contributed by atoms with Gasteiger partial charge in [-0.1, -0.05) is 45.1 Å². The van der Waals surface area contributed by atoms with Crippen LogP contribution in [0.15, 0.2) is 36.0 Å². The van der Waals surface area contributed by atoms with E-state index in [-0.39, 0.29) is 37.2 Å². The molecular weight excluding hydrogens is 504 g/mol. The first-order valence-electron chi connectivity index (χ1n) is 13.9. The molecule has 0 bridgehead atoms. The Morgan fingerprint density at radius 3 is 2.62 bits per heavy atom. The highest BCUT2D eigenvalue weighted by Crippen LogP contribution is 2.39. The van der Waals surface area contributed by atoms with Crippen molar-refractivity contribution < 1.29 is 44.2 Å². The monoisotopic (exact) mass is 552 g/mol. The van der Waals surface area contributed by atoms with Gasteiger partial charge in [0.2, 0.25) is 0 Å². The largest absolute Gasteiger partial charge is 0.457 e. The van der Waals surface area contributed by atoms with Crippen LogP contribution in [0.4, 0.5) is 0 Å². The summed E-state index contributed by atoms with van der Waals surface area (Å²) in [7, 11) is 0. The molecule has 0 saturated carbocycles. The Morgan fingerprint density at radius 1 is 1.33 bits per heavy atom. The second kappa shape index (κ2) is 14.0. The zero-order chi connectivity index (χ0) is 29.5. The Balaban J connectivity index is 2.14. The van der Waals surface area contributed by atoms with Gasteiger partial charge in [-0.15, -0.1) is 0 Å². The number of rotatable bonds is 9. The Hall–Kier alpha value is -2.04. The maximum atomic E-state index is 12.6. The molecule has 0 aromatic rings. The van der Waals surface area contributed by atoms with Gasteiger partial charge in [0.15, 0.2) is 0 Å². The molecule has 10 unspecified atom stereocenters. The summed E-state index contributed by atoms with van der Waals surface area (Å²) in [6.07, 6.45) is 6.42. The van der Waals surface area contributed by atoms with E-state index in [4.69, 9.17) is 14.2 Å². The first-order valence-corrected chi connectivity index (χ1v) is 13.9. The highest BCUT2D eigenvalue weighted by Gasteiger charge is 2.54. The van der Waals surface area contributed by atoms with E-state index >= 15 is 0 Å². The number of hydrogen-bond acceptors (Lipinski definition) is 9. The Labute approximate surface area is 232 Å². The van der Waals surface area contributed by atoms with E-state index < -0.39 is 53.7 Å². The van der Waals surface area contributed by atoms with Gasteiger partial charge < -0.3 is 34.6 Å². The van der Waals surface area contributed by atoms with E-state index in [0.29, 0.717) is 12.8 Å². The number of allylic oxidation sites excluding steroid dienone is 3. The van der Waals surface area contributed by atoms with Crippen molar-refractivity contribution in [3.63, 3.8) is 0 Å². The van der Waals surface area contributed by atoms with E-state index in [1.165, 1.54) is 6.92 Å². The molecule has 0 amide bonds. The van der Waals surface area contributed by atoms with E-state index in [0.717, 1.165) is 5.57 Å². The normalized spacial score (nSPS) is 36.6. The van der Waals surface area contributed by atoms with Gasteiger partial charge >= 0.3 is 11.9 Å². The van der Waals surface area contributed by atoms with Crippen molar-refractivity contribution in [2.24, 2.45) is 11.8 Å². The number of carbonyl (C=O) groups excluding carboxylic acids is 2. The molecule has 0 spiro atoms. The van der Waals surface area contributed by atoms with Gasteiger partial charge in [0.05, 0.1) is 24.7 Å². The molecule has 10 atom stereocenters. The summed E-state index contributed by atoms with van der Waals surface area (Å²) >= 11 is 0. The van der Waals surface area contributed by atoms with Gasteiger partial charge in [-0.25, -0.2) is 0 Å². The number of ether oxygens (including phenoxy) is 3. The van der Waals surface area contributed by atoms with Crippen molar-refractivity contribution in [1.82, 2.24) is 0 Å². The van der Waals surface area contributed by atoms with E-state index in [1.807, 2.05) is 45.9 Å². The topological polar surface area (TPSA) is 146 Å². The van der Waals surface area contributed by atoms with Crippen LogP contribution in [-0.4, -0.2) is 80.2 Å². The van der Waals surface area contributed by atoms with Crippen LogP contribution >= 0.6 is 0 Å². The Morgan fingerprint density at radius 2 is 2.00 bits per heavy atom. The number of esters is 2. The second-order valence-corrected chi connectivity index (χ2v) is 11.7. The summed E-state index contributed by atoms with van der Waals surface area (Å²) in [6, 6.07) is 0. The lowest BCUT2D eigenvalue weighted by Gasteiger charge is -2.32. The Bertz CT molecular complexity index is 919. The van der Waals surface area contributed by atoms with Crippen molar-refractivity contribution in [3.8, 4) is 0 Å². The number of aliphatic hydroxyl groups excluding tert-OH is 2. The SMILES string of the molecule is CCC(O)C(C)(O)C1OC1CC(C)/C=C/C=C(\C)C1OC(=O)CC(O)CCC(C)(O)C(OC(C)=O)/C=C/C1C. The quantitative estimate of drug-likeness (QED) is 0.147. The molecule has 39 heavy (non-hydrogen) atoms. The fraction of sp³-hybridized carbons (Fsp3) is 0.733. The summed E-state index contributed by atoms with van der Waals surface area (Å²) in [4.78, 5) is 24.3. The number of aliphatic hydroxyl groups is 4. The number of hydrogen-bond donors (Lipinski definition) is 4.